The van der Waals surface area contributed by atoms with Crippen LogP contribution in [0.3, 0.4) is 0 Å². The Morgan fingerprint density at radius 3 is 2.51 bits per heavy atom. The first-order valence-electron chi connectivity index (χ1n) is 11.4. The van der Waals surface area contributed by atoms with Crippen LogP contribution in [0.25, 0.3) is 11.6 Å². The van der Waals surface area contributed by atoms with Gasteiger partial charge in [0.25, 0.3) is 11.8 Å². The maximum Gasteiger partial charge on any atom is 0.312 e. The van der Waals surface area contributed by atoms with Crippen molar-refractivity contribution < 1.29 is 23.6 Å². The van der Waals surface area contributed by atoms with Gasteiger partial charge in [-0.3, -0.25) is 19.2 Å². The number of H-pyrrole nitrogens is 1. The van der Waals surface area contributed by atoms with Crippen LogP contribution in [0.1, 0.15) is 45.7 Å². The number of aromatic amines is 1. The van der Waals surface area contributed by atoms with Gasteiger partial charge in [0.15, 0.2) is 0 Å². The van der Waals surface area contributed by atoms with Crippen LogP contribution in [0, 0.1) is 19.7 Å². The minimum Gasteiger partial charge on any atom is -0.358 e. The van der Waals surface area contributed by atoms with E-state index in [1.54, 1.807) is 19.9 Å². The number of piperidine rings is 1. The van der Waals surface area contributed by atoms with Crippen LogP contribution in [0.15, 0.2) is 18.2 Å². The van der Waals surface area contributed by atoms with Crippen LogP contribution in [0.5, 0.6) is 0 Å². The zero-order valence-electron chi connectivity index (χ0n) is 20.1. The van der Waals surface area contributed by atoms with E-state index in [4.69, 9.17) is 0 Å². The normalized spacial score (nSPS) is 16.8. The van der Waals surface area contributed by atoms with Crippen molar-refractivity contribution in [3.63, 3.8) is 0 Å². The highest BCUT2D eigenvalue weighted by molar-refractivity contribution is 6.35. The van der Waals surface area contributed by atoms with Gasteiger partial charge in [-0.05, 0) is 56.5 Å². The molecule has 1 fully saturated rings. The van der Waals surface area contributed by atoms with Gasteiger partial charge >= 0.3 is 11.8 Å². The van der Waals surface area contributed by atoms with Crippen molar-refractivity contribution in [1.29, 1.82) is 0 Å². The fourth-order valence-electron chi connectivity index (χ4n) is 4.52. The standard InChI is InChI=1S/C25H28FN5O4/c1-13-20(12-18-17-11-15(26)5-6-19(17)29-22(18)32)27-14(2)21(13)23(33)28-16-7-9-31(10-8-16)25(35)24(34)30(3)4/h5-6,11-12,16,27H,7-10H2,1-4H3,(H,28,33)(H,29,32). The summed E-state index contributed by atoms with van der Waals surface area (Å²) in [5.41, 5.74) is 3.73. The highest BCUT2D eigenvalue weighted by Crippen LogP contribution is 2.34. The van der Waals surface area contributed by atoms with Gasteiger partial charge in [-0.1, -0.05) is 0 Å². The molecule has 0 atom stereocenters. The van der Waals surface area contributed by atoms with Crippen molar-refractivity contribution >= 4 is 41.0 Å². The van der Waals surface area contributed by atoms with Crippen LogP contribution >= 0.6 is 0 Å². The molecule has 3 N–H and O–H groups in total. The number of aromatic nitrogens is 1. The number of halogens is 1. The number of aryl methyl sites for hydroxylation is 1. The Hall–Kier alpha value is -3.95. The number of hydrogen-bond acceptors (Lipinski definition) is 4. The Morgan fingerprint density at radius 1 is 1.17 bits per heavy atom. The molecule has 35 heavy (non-hydrogen) atoms. The first-order chi connectivity index (χ1) is 16.6. The number of likely N-dealkylation sites (N-methyl/N-ethyl adjacent to an activating group) is 1. The minimum absolute atomic E-state index is 0.132. The average molecular weight is 482 g/mol. The third kappa shape index (κ3) is 4.68. The van der Waals surface area contributed by atoms with Gasteiger partial charge in [0.2, 0.25) is 0 Å². The van der Waals surface area contributed by atoms with Crippen LogP contribution < -0.4 is 10.6 Å². The molecule has 0 spiro atoms. The molecule has 4 amide bonds. The van der Waals surface area contributed by atoms with Crippen molar-refractivity contribution in [3.05, 3.63) is 52.1 Å². The summed E-state index contributed by atoms with van der Waals surface area (Å²) in [6, 6.07) is 3.98. The largest absolute Gasteiger partial charge is 0.358 e. The highest BCUT2D eigenvalue weighted by Gasteiger charge is 2.30. The summed E-state index contributed by atoms with van der Waals surface area (Å²) in [4.78, 5) is 55.6. The predicted octanol–water partition coefficient (Wildman–Crippen LogP) is 2.07. The quantitative estimate of drug-likeness (QED) is 0.460. The maximum absolute atomic E-state index is 13.8. The number of carbonyl (C=O) groups is 4. The molecule has 0 aliphatic carbocycles. The number of carbonyl (C=O) groups excluding carboxylic acids is 4. The molecule has 3 heterocycles. The first-order valence-corrected chi connectivity index (χ1v) is 11.4. The number of hydrogen-bond donors (Lipinski definition) is 3. The Bertz CT molecular complexity index is 1250. The number of amides is 4. The van der Waals surface area contributed by atoms with Gasteiger partial charge < -0.3 is 25.4 Å². The van der Waals surface area contributed by atoms with E-state index in [2.05, 4.69) is 15.6 Å². The number of benzene rings is 1. The summed E-state index contributed by atoms with van der Waals surface area (Å²) in [7, 11) is 3.07. The SMILES string of the molecule is Cc1[nH]c(C=C2C(=O)Nc3ccc(F)cc32)c(C)c1C(=O)NC1CCN(C(=O)C(=O)N(C)C)CC1. The van der Waals surface area contributed by atoms with Gasteiger partial charge in [0, 0.05) is 55.9 Å². The first kappa shape index (κ1) is 24.2. The van der Waals surface area contributed by atoms with E-state index in [1.165, 1.54) is 42.1 Å². The predicted molar refractivity (Wildman–Crippen MR) is 129 cm³/mol. The summed E-state index contributed by atoms with van der Waals surface area (Å²) < 4.78 is 13.8. The zero-order valence-corrected chi connectivity index (χ0v) is 20.1. The maximum atomic E-state index is 13.8. The number of nitrogens with zero attached hydrogens (tertiary/aromatic N) is 2. The van der Waals surface area contributed by atoms with Crippen molar-refractivity contribution in [2.24, 2.45) is 0 Å². The Kier molecular flexibility index (Phi) is 6.47. The molecule has 9 nitrogen and oxygen atoms in total. The third-order valence-corrected chi connectivity index (χ3v) is 6.46. The molecule has 1 aromatic heterocycles. The van der Waals surface area contributed by atoms with E-state index in [-0.39, 0.29) is 17.9 Å². The molecular weight excluding hydrogens is 453 g/mol. The Balaban J connectivity index is 1.47. The van der Waals surface area contributed by atoms with E-state index in [0.29, 0.717) is 65.3 Å². The molecule has 0 saturated carbocycles. The summed E-state index contributed by atoms with van der Waals surface area (Å²) in [5.74, 6) is -2.12. The van der Waals surface area contributed by atoms with E-state index in [9.17, 15) is 23.6 Å². The lowest BCUT2D eigenvalue weighted by molar-refractivity contribution is -0.151. The Morgan fingerprint density at radius 2 is 1.86 bits per heavy atom. The second-order valence-corrected chi connectivity index (χ2v) is 9.11. The fourth-order valence-corrected chi connectivity index (χ4v) is 4.52. The van der Waals surface area contributed by atoms with Crippen LogP contribution in [0.2, 0.25) is 0 Å². The third-order valence-electron chi connectivity index (χ3n) is 6.46. The fraction of sp³-hybridized carbons (Fsp3) is 0.360. The summed E-state index contributed by atoms with van der Waals surface area (Å²) in [5, 5.41) is 5.74. The second-order valence-electron chi connectivity index (χ2n) is 9.11. The molecule has 1 aromatic carbocycles. The number of likely N-dealkylation sites (tertiary alicyclic amines) is 1. The number of rotatable bonds is 3. The van der Waals surface area contributed by atoms with Crippen molar-refractivity contribution in [2.75, 3.05) is 32.5 Å². The van der Waals surface area contributed by atoms with Crippen LogP contribution in [-0.2, 0) is 14.4 Å². The molecule has 4 rings (SSSR count). The van der Waals surface area contributed by atoms with Gasteiger partial charge in [-0.15, -0.1) is 0 Å². The van der Waals surface area contributed by atoms with Gasteiger partial charge in [0.1, 0.15) is 5.82 Å². The molecule has 0 unspecified atom stereocenters. The Labute approximate surface area is 202 Å². The van der Waals surface area contributed by atoms with E-state index in [0.717, 1.165) is 0 Å². The molecule has 10 heteroatoms. The molecule has 0 bridgehead atoms. The molecular formula is C25H28FN5O4. The smallest absolute Gasteiger partial charge is 0.312 e. The van der Waals surface area contributed by atoms with Gasteiger partial charge in [-0.25, -0.2) is 4.39 Å². The number of anilines is 1. The highest BCUT2D eigenvalue weighted by atomic mass is 19.1. The molecule has 2 aliphatic heterocycles. The molecule has 0 radical (unpaired) electrons. The van der Waals surface area contributed by atoms with Crippen molar-refractivity contribution in [3.8, 4) is 0 Å². The lowest BCUT2D eigenvalue weighted by Gasteiger charge is -2.32. The summed E-state index contributed by atoms with van der Waals surface area (Å²) in [6.45, 7) is 4.34. The molecule has 184 valence electrons. The monoisotopic (exact) mass is 481 g/mol. The summed E-state index contributed by atoms with van der Waals surface area (Å²) >= 11 is 0. The van der Waals surface area contributed by atoms with Crippen molar-refractivity contribution in [2.45, 2.75) is 32.7 Å². The number of fused-ring (bicyclic) bond motifs is 1. The van der Waals surface area contributed by atoms with Crippen molar-refractivity contribution in [1.82, 2.24) is 20.1 Å². The van der Waals surface area contributed by atoms with E-state index < -0.39 is 17.6 Å². The molecule has 1 saturated heterocycles. The second kappa shape index (κ2) is 9.36. The summed E-state index contributed by atoms with van der Waals surface area (Å²) in [6.07, 6.45) is 2.71. The number of nitrogens with one attached hydrogen (secondary N) is 3. The van der Waals surface area contributed by atoms with Gasteiger partial charge in [0.05, 0.1) is 11.1 Å². The van der Waals surface area contributed by atoms with Crippen LogP contribution in [0.4, 0.5) is 10.1 Å². The molecule has 2 aromatic rings. The lowest BCUT2D eigenvalue weighted by atomic mass is 10.0. The zero-order chi connectivity index (χ0) is 25.4. The average Bonchev–Trinajstić information content (AvgIpc) is 3.27. The topological polar surface area (TPSA) is 115 Å². The van der Waals surface area contributed by atoms with E-state index >= 15 is 0 Å². The molecule has 2 aliphatic rings. The van der Waals surface area contributed by atoms with E-state index in [1.807, 2.05) is 0 Å². The lowest BCUT2D eigenvalue weighted by Crippen LogP contribution is -2.50. The van der Waals surface area contributed by atoms with Crippen LogP contribution in [-0.4, -0.2) is 71.6 Å². The minimum atomic E-state index is -0.561. The van der Waals surface area contributed by atoms with Gasteiger partial charge in [-0.2, -0.15) is 0 Å².